The molecular weight excluding hydrogens is 254 g/mol. The van der Waals surface area contributed by atoms with Crippen molar-refractivity contribution in [3.05, 3.63) is 47.9 Å². The first-order valence-corrected chi connectivity index (χ1v) is 6.30. The first-order valence-electron chi connectivity index (χ1n) is 6.30. The largest absolute Gasteiger partial charge is 0.497 e. The number of hydrogen-bond donors (Lipinski definition) is 2. The van der Waals surface area contributed by atoms with Crippen LogP contribution in [0.1, 0.15) is 11.3 Å². The van der Waals surface area contributed by atoms with Crippen molar-refractivity contribution in [3.63, 3.8) is 0 Å². The van der Waals surface area contributed by atoms with Crippen LogP contribution in [0.2, 0.25) is 0 Å². The monoisotopic (exact) mass is 273 g/mol. The minimum Gasteiger partial charge on any atom is -0.497 e. The Hall–Kier alpha value is -2.18. The predicted molar refractivity (Wildman–Crippen MR) is 78.0 cm³/mol. The number of nitrogens with one attached hydrogen (secondary N) is 1. The number of rotatable bonds is 6. The number of hydrogen-bond acceptors (Lipinski definition) is 6. The quantitative estimate of drug-likeness (QED) is 0.612. The molecule has 0 radical (unpaired) electrons. The number of ether oxygens (including phenoxy) is 1. The van der Waals surface area contributed by atoms with E-state index < -0.39 is 0 Å². The van der Waals surface area contributed by atoms with Crippen molar-refractivity contribution in [3.8, 4) is 5.75 Å². The van der Waals surface area contributed by atoms with E-state index in [4.69, 9.17) is 10.6 Å². The third-order valence-corrected chi connectivity index (χ3v) is 2.90. The molecule has 6 heteroatoms. The maximum Gasteiger partial charge on any atom is 0.158 e. The number of benzene rings is 1. The molecule has 0 spiro atoms. The van der Waals surface area contributed by atoms with Crippen molar-refractivity contribution in [1.29, 1.82) is 0 Å². The van der Waals surface area contributed by atoms with Crippen LogP contribution >= 0.6 is 0 Å². The van der Waals surface area contributed by atoms with Gasteiger partial charge in [0.2, 0.25) is 0 Å². The van der Waals surface area contributed by atoms with Gasteiger partial charge in [-0.25, -0.2) is 10.8 Å². The average Bonchev–Trinajstić information content (AvgIpc) is 2.49. The molecule has 0 amide bonds. The summed E-state index contributed by atoms with van der Waals surface area (Å²) in [6, 6.07) is 8.04. The molecule has 20 heavy (non-hydrogen) atoms. The van der Waals surface area contributed by atoms with E-state index in [0.717, 1.165) is 24.5 Å². The van der Waals surface area contributed by atoms with E-state index in [9.17, 15) is 0 Å². The van der Waals surface area contributed by atoms with Gasteiger partial charge in [-0.1, -0.05) is 12.1 Å². The highest BCUT2D eigenvalue weighted by Gasteiger charge is 2.04. The summed E-state index contributed by atoms with van der Waals surface area (Å²) in [6.45, 7) is 1.56. The zero-order valence-electron chi connectivity index (χ0n) is 11.7. The summed E-state index contributed by atoms with van der Waals surface area (Å²) in [5.41, 5.74) is 4.59. The maximum atomic E-state index is 5.25. The molecule has 2 aromatic rings. The standard InChI is InChI=1S/C14H19N5O/c1-19(9-11-3-5-13(20-2)6-4-11)10-12-7-17-14(18-15)8-16-12/h3-8H,9-10,15H2,1-2H3,(H,17,18). The van der Waals surface area contributed by atoms with Gasteiger partial charge in [-0.15, -0.1) is 0 Å². The second-order valence-corrected chi connectivity index (χ2v) is 4.56. The molecule has 0 saturated heterocycles. The minimum absolute atomic E-state index is 0.562. The second kappa shape index (κ2) is 6.83. The highest BCUT2D eigenvalue weighted by atomic mass is 16.5. The lowest BCUT2D eigenvalue weighted by molar-refractivity contribution is 0.314. The van der Waals surface area contributed by atoms with E-state index >= 15 is 0 Å². The Morgan fingerprint density at radius 2 is 1.90 bits per heavy atom. The van der Waals surface area contributed by atoms with Crippen molar-refractivity contribution < 1.29 is 4.74 Å². The summed E-state index contributed by atoms with van der Waals surface area (Å²) in [7, 11) is 3.71. The van der Waals surface area contributed by atoms with Crippen molar-refractivity contribution in [2.75, 3.05) is 19.6 Å². The summed E-state index contributed by atoms with van der Waals surface area (Å²) in [5, 5.41) is 0. The van der Waals surface area contributed by atoms with E-state index in [-0.39, 0.29) is 0 Å². The van der Waals surface area contributed by atoms with E-state index in [0.29, 0.717) is 5.82 Å². The van der Waals surface area contributed by atoms with Crippen LogP contribution in [-0.4, -0.2) is 29.0 Å². The summed E-state index contributed by atoms with van der Waals surface area (Å²) < 4.78 is 5.14. The van der Waals surface area contributed by atoms with Crippen molar-refractivity contribution in [2.45, 2.75) is 13.1 Å². The van der Waals surface area contributed by atoms with Crippen LogP contribution in [0.3, 0.4) is 0 Å². The smallest absolute Gasteiger partial charge is 0.158 e. The van der Waals surface area contributed by atoms with Gasteiger partial charge in [-0.2, -0.15) is 0 Å². The molecule has 1 aromatic heterocycles. The SMILES string of the molecule is COc1ccc(CN(C)Cc2cnc(NN)cn2)cc1. The first-order chi connectivity index (χ1) is 9.71. The first kappa shape index (κ1) is 14.2. The van der Waals surface area contributed by atoms with Gasteiger partial charge in [0.05, 0.1) is 25.2 Å². The molecule has 1 heterocycles. The van der Waals surface area contributed by atoms with Crippen LogP contribution in [0.4, 0.5) is 5.82 Å². The predicted octanol–water partition coefficient (Wildman–Crippen LogP) is 1.40. The Kier molecular flexibility index (Phi) is 4.86. The highest BCUT2D eigenvalue weighted by molar-refractivity contribution is 5.29. The van der Waals surface area contributed by atoms with Gasteiger partial charge < -0.3 is 10.2 Å². The Balaban J connectivity index is 1.91. The van der Waals surface area contributed by atoms with Crippen molar-refractivity contribution in [1.82, 2.24) is 14.9 Å². The molecule has 106 valence electrons. The molecule has 0 fully saturated rings. The number of methoxy groups -OCH3 is 1. The summed E-state index contributed by atoms with van der Waals surface area (Å²) in [4.78, 5) is 10.6. The van der Waals surface area contributed by atoms with Gasteiger partial charge in [0.15, 0.2) is 5.82 Å². The van der Waals surface area contributed by atoms with Crippen molar-refractivity contribution in [2.24, 2.45) is 5.84 Å². The minimum atomic E-state index is 0.562. The summed E-state index contributed by atoms with van der Waals surface area (Å²) in [6.07, 6.45) is 3.34. The fraction of sp³-hybridized carbons (Fsp3) is 0.286. The molecule has 0 aliphatic heterocycles. The molecule has 6 nitrogen and oxygen atoms in total. The van der Waals surface area contributed by atoms with Crippen LogP contribution < -0.4 is 16.0 Å². The lowest BCUT2D eigenvalue weighted by Gasteiger charge is -2.16. The third kappa shape index (κ3) is 3.91. The highest BCUT2D eigenvalue weighted by Crippen LogP contribution is 2.13. The van der Waals surface area contributed by atoms with Crippen molar-refractivity contribution >= 4 is 5.82 Å². The zero-order valence-corrected chi connectivity index (χ0v) is 11.7. The number of nitrogen functional groups attached to an aromatic ring is 1. The maximum absolute atomic E-state index is 5.25. The lowest BCUT2D eigenvalue weighted by Crippen LogP contribution is -2.18. The van der Waals surface area contributed by atoms with E-state index in [1.165, 1.54) is 5.56 Å². The van der Waals surface area contributed by atoms with Gasteiger partial charge in [0.25, 0.3) is 0 Å². The van der Waals surface area contributed by atoms with E-state index in [2.05, 4.69) is 32.4 Å². The molecule has 0 unspecified atom stereocenters. The topological polar surface area (TPSA) is 76.3 Å². The molecule has 0 aliphatic carbocycles. The Morgan fingerprint density at radius 1 is 1.15 bits per heavy atom. The molecule has 2 rings (SSSR count). The van der Waals surface area contributed by atoms with Crippen LogP contribution in [0.5, 0.6) is 5.75 Å². The van der Waals surface area contributed by atoms with Gasteiger partial charge >= 0.3 is 0 Å². The van der Waals surface area contributed by atoms with E-state index in [1.807, 2.05) is 19.2 Å². The molecule has 3 N–H and O–H groups in total. The Bertz CT molecular complexity index is 477. The number of nitrogens with zero attached hydrogens (tertiary/aromatic N) is 3. The zero-order chi connectivity index (χ0) is 14.4. The molecule has 0 saturated carbocycles. The van der Waals surface area contributed by atoms with Crippen LogP contribution in [0, 0.1) is 0 Å². The molecular formula is C14H19N5O. The average molecular weight is 273 g/mol. The Morgan fingerprint density at radius 3 is 2.45 bits per heavy atom. The summed E-state index contributed by atoms with van der Waals surface area (Å²) >= 11 is 0. The van der Waals surface area contributed by atoms with Gasteiger partial charge in [-0.05, 0) is 24.7 Å². The van der Waals surface area contributed by atoms with Crippen LogP contribution in [0.25, 0.3) is 0 Å². The lowest BCUT2D eigenvalue weighted by atomic mass is 10.2. The fourth-order valence-corrected chi connectivity index (χ4v) is 1.89. The summed E-state index contributed by atoms with van der Waals surface area (Å²) in [5.74, 6) is 6.68. The number of nitrogens with two attached hydrogens (primary N) is 1. The molecule has 0 atom stereocenters. The van der Waals surface area contributed by atoms with Gasteiger partial charge in [0.1, 0.15) is 5.75 Å². The second-order valence-electron chi connectivity index (χ2n) is 4.56. The molecule has 0 bridgehead atoms. The number of anilines is 1. The fourth-order valence-electron chi connectivity index (χ4n) is 1.89. The molecule has 1 aromatic carbocycles. The van der Waals surface area contributed by atoms with E-state index in [1.54, 1.807) is 19.5 Å². The van der Waals surface area contributed by atoms with Gasteiger partial charge in [0, 0.05) is 13.1 Å². The Labute approximate surface area is 118 Å². The van der Waals surface area contributed by atoms with Crippen LogP contribution in [-0.2, 0) is 13.1 Å². The third-order valence-electron chi connectivity index (χ3n) is 2.90. The molecule has 0 aliphatic rings. The van der Waals surface area contributed by atoms with Gasteiger partial charge in [-0.3, -0.25) is 9.88 Å². The number of hydrazine groups is 1. The normalized spacial score (nSPS) is 10.6. The number of aromatic nitrogens is 2. The van der Waals surface area contributed by atoms with Crippen LogP contribution in [0.15, 0.2) is 36.7 Å².